The standard InChI is InChI=1S/C15H15FN2O4/c1-22-15(21)17-12-7-8(6-11(12)16)18-13(19)9-4-2-3-5-10(9)14(18)20/h2-5,8,11-12H,6-7H2,1H3,(H,17,21). The lowest BCUT2D eigenvalue weighted by atomic mass is 10.1. The summed E-state index contributed by atoms with van der Waals surface area (Å²) >= 11 is 0. The highest BCUT2D eigenvalue weighted by Gasteiger charge is 2.46. The second-order valence-electron chi connectivity index (χ2n) is 5.41. The first-order chi connectivity index (χ1) is 10.5. The van der Waals surface area contributed by atoms with Gasteiger partial charge in [0.15, 0.2) is 0 Å². The molecule has 2 aliphatic rings. The third kappa shape index (κ3) is 2.22. The van der Waals surface area contributed by atoms with E-state index in [2.05, 4.69) is 10.1 Å². The zero-order valence-corrected chi connectivity index (χ0v) is 11.9. The maximum Gasteiger partial charge on any atom is 0.407 e. The number of nitrogens with zero attached hydrogens (tertiary/aromatic N) is 1. The molecule has 3 amide bonds. The van der Waals surface area contributed by atoms with E-state index in [0.717, 1.165) is 4.90 Å². The van der Waals surface area contributed by atoms with Crippen molar-refractivity contribution in [1.82, 2.24) is 10.2 Å². The fraction of sp³-hybridized carbons (Fsp3) is 0.400. The van der Waals surface area contributed by atoms with E-state index in [-0.39, 0.29) is 12.8 Å². The van der Waals surface area contributed by atoms with Crippen LogP contribution in [-0.4, -0.2) is 48.2 Å². The number of hydrogen-bond donors (Lipinski definition) is 1. The van der Waals surface area contributed by atoms with E-state index in [4.69, 9.17) is 0 Å². The van der Waals surface area contributed by atoms with Crippen LogP contribution in [0.5, 0.6) is 0 Å². The second kappa shape index (κ2) is 5.40. The lowest BCUT2D eigenvalue weighted by Gasteiger charge is -2.21. The molecule has 1 heterocycles. The molecule has 0 bridgehead atoms. The van der Waals surface area contributed by atoms with E-state index in [1.54, 1.807) is 24.3 Å². The molecule has 1 aromatic carbocycles. The van der Waals surface area contributed by atoms with Crippen LogP contribution in [0, 0.1) is 0 Å². The maximum atomic E-state index is 14.1. The number of benzene rings is 1. The van der Waals surface area contributed by atoms with Gasteiger partial charge in [-0.05, 0) is 18.6 Å². The molecule has 0 radical (unpaired) electrons. The molecule has 1 aliphatic carbocycles. The number of carbonyl (C=O) groups excluding carboxylic acids is 3. The van der Waals surface area contributed by atoms with E-state index < -0.39 is 36.2 Å². The number of fused-ring (bicyclic) bond motifs is 1. The third-order valence-corrected chi connectivity index (χ3v) is 4.14. The summed E-state index contributed by atoms with van der Waals surface area (Å²) < 4.78 is 18.5. The van der Waals surface area contributed by atoms with Crippen molar-refractivity contribution in [2.45, 2.75) is 31.1 Å². The van der Waals surface area contributed by atoms with Crippen LogP contribution in [0.4, 0.5) is 9.18 Å². The van der Waals surface area contributed by atoms with Gasteiger partial charge in [-0.25, -0.2) is 9.18 Å². The Labute approximate surface area is 126 Å². The van der Waals surface area contributed by atoms with Crippen molar-refractivity contribution in [2.24, 2.45) is 0 Å². The van der Waals surface area contributed by atoms with Gasteiger partial charge in [-0.3, -0.25) is 14.5 Å². The van der Waals surface area contributed by atoms with Gasteiger partial charge >= 0.3 is 6.09 Å². The summed E-state index contributed by atoms with van der Waals surface area (Å²) in [6, 6.07) is 5.21. The molecule has 3 unspecified atom stereocenters. The average molecular weight is 306 g/mol. The minimum Gasteiger partial charge on any atom is -0.453 e. The fourth-order valence-electron chi connectivity index (χ4n) is 3.07. The van der Waals surface area contributed by atoms with Gasteiger partial charge in [0, 0.05) is 12.5 Å². The molecule has 7 heteroatoms. The summed E-state index contributed by atoms with van der Waals surface area (Å²) in [5, 5.41) is 2.40. The highest BCUT2D eigenvalue weighted by molar-refractivity contribution is 6.21. The van der Waals surface area contributed by atoms with Crippen LogP contribution in [0.25, 0.3) is 0 Å². The molecule has 0 aromatic heterocycles. The zero-order chi connectivity index (χ0) is 15.9. The van der Waals surface area contributed by atoms with Crippen LogP contribution in [0.15, 0.2) is 24.3 Å². The van der Waals surface area contributed by atoms with Crippen molar-refractivity contribution in [1.29, 1.82) is 0 Å². The van der Waals surface area contributed by atoms with Crippen LogP contribution >= 0.6 is 0 Å². The largest absolute Gasteiger partial charge is 0.453 e. The van der Waals surface area contributed by atoms with Gasteiger partial charge in [0.05, 0.1) is 24.3 Å². The number of ether oxygens (including phenoxy) is 1. The average Bonchev–Trinajstić information content (AvgIpc) is 2.98. The molecule has 1 saturated carbocycles. The molecule has 22 heavy (non-hydrogen) atoms. The van der Waals surface area contributed by atoms with Crippen molar-refractivity contribution >= 4 is 17.9 Å². The molecule has 1 aliphatic heterocycles. The minimum absolute atomic E-state index is 0.0140. The first-order valence-electron chi connectivity index (χ1n) is 6.98. The fourth-order valence-corrected chi connectivity index (χ4v) is 3.07. The molecule has 1 aromatic rings. The molecule has 1 N–H and O–H groups in total. The number of rotatable bonds is 2. The summed E-state index contributed by atoms with van der Waals surface area (Å²) in [6.07, 6.45) is -1.86. The predicted octanol–water partition coefficient (Wildman–Crippen LogP) is 1.51. The first-order valence-corrected chi connectivity index (χ1v) is 6.98. The zero-order valence-electron chi connectivity index (χ0n) is 11.9. The monoisotopic (exact) mass is 306 g/mol. The van der Waals surface area contributed by atoms with Crippen molar-refractivity contribution < 1.29 is 23.5 Å². The molecule has 116 valence electrons. The molecule has 1 fully saturated rings. The molecule has 3 rings (SSSR count). The van der Waals surface area contributed by atoms with Gasteiger partial charge in [0.1, 0.15) is 6.17 Å². The van der Waals surface area contributed by atoms with E-state index in [1.165, 1.54) is 7.11 Å². The van der Waals surface area contributed by atoms with Gasteiger partial charge in [-0.1, -0.05) is 12.1 Å². The molecule has 3 atom stereocenters. The predicted molar refractivity (Wildman–Crippen MR) is 74.2 cm³/mol. The number of methoxy groups -OCH3 is 1. The van der Waals surface area contributed by atoms with Crippen molar-refractivity contribution in [3.05, 3.63) is 35.4 Å². The number of amides is 3. The van der Waals surface area contributed by atoms with Gasteiger partial charge in [-0.15, -0.1) is 0 Å². The van der Waals surface area contributed by atoms with E-state index in [0.29, 0.717) is 11.1 Å². The van der Waals surface area contributed by atoms with Gasteiger partial charge in [-0.2, -0.15) is 0 Å². The number of carbonyl (C=O) groups is 3. The van der Waals surface area contributed by atoms with Crippen molar-refractivity contribution in [2.75, 3.05) is 7.11 Å². The Morgan fingerprint density at radius 2 is 1.82 bits per heavy atom. The second-order valence-corrected chi connectivity index (χ2v) is 5.41. The highest BCUT2D eigenvalue weighted by Crippen LogP contribution is 2.33. The molecular weight excluding hydrogens is 291 g/mol. The minimum atomic E-state index is -1.33. The van der Waals surface area contributed by atoms with Gasteiger partial charge in [0.25, 0.3) is 11.8 Å². The number of alkyl halides is 1. The lowest BCUT2D eigenvalue weighted by molar-refractivity contribution is 0.0583. The van der Waals surface area contributed by atoms with Crippen molar-refractivity contribution in [3.63, 3.8) is 0 Å². The van der Waals surface area contributed by atoms with Crippen LogP contribution in [0.1, 0.15) is 33.6 Å². The maximum absolute atomic E-state index is 14.1. The third-order valence-electron chi connectivity index (χ3n) is 4.14. The molecular formula is C15H15FN2O4. The highest BCUT2D eigenvalue weighted by atomic mass is 19.1. The van der Waals surface area contributed by atoms with Crippen LogP contribution < -0.4 is 5.32 Å². The molecule has 0 saturated heterocycles. The summed E-state index contributed by atoms with van der Waals surface area (Å²) in [7, 11) is 1.19. The summed E-state index contributed by atoms with van der Waals surface area (Å²) in [5.41, 5.74) is 0.680. The van der Waals surface area contributed by atoms with Gasteiger partial charge in [0.2, 0.25) is 0 Å². The Morgan fingerprint density at radius 1 is 1.23 bits per heavy atom. The Bertz CT molecular complexity index is 613. The summed E-state index contributed by atoms with van der Waals surface area (Å²) in [4.78, 5) is 37.0. The quantitative estimate of drug-likeness (QED) is 0.840. The first kappa shape index (κ1) is 14.5. The van der Waals surface area contributed by atoms with Crippen LogP contribution in [0.2, 0.25) is 0 Å². The number of hydrogen-bond acceptors (Lipinski definition) is 4. The topological polar surface area (TPSA) is 75.7 Å². The normalized spacial score (nSPS) is 27.0. The Kier molecular flexibility index (Phi) is 3.56. The van der Waals surface area contributed by atoms with E-state index in [1.807, 2.05) is 0 Å². The Balaban J connectivity index is 1.78. The van der Waals surface area contributed by atoms with Crippen molar-refractivity contribution in [3.8, 4) is 0 Å². The summed E-state index contributed by atoms with van der Waals surface area (Å²) in [6.45, 7) is 0. The van der Waals surface area contributed by atoms with Crippen LogP contribution in [0.3, 0.4) is 0 Å². The lowest BCUT2D eigenvalue weighted by Crippen LogP contribution is -2.41. The molecule has 0 spiro atoms. The number of alkyl carbamates (subject to hydrolysis) is 1. The molecule has 6 nitrogen and oxygen atoms in total. The Hall–Kier alpha value is -2.44. The smallest absolute Gasteiger partial charge is 0.407 e. The summed E-state index contributed by atoms with van der Waals surface area (Å²) in [5.74, 6) is -0.812. The van der Waals surface area contributed by atoms with E-state index in [9.17, 15) is 18.8 Å². The number of imide groups is 1. The number of nitrogens with one attached hydrogen (secondary N) is 1. The SMILES string of the molecule is COC(=O)NC1CC(N2C(=O)c3ccccc3C2=O)CC1F. The number of halogens is 1. The van der Waals surface area contributed by atoms with E-state index >= 15 is 0 Å². The Morgan fingerprint density at radius 3 is 2.36 bits per heavy atom. The van der Waals surface area contributed by atoms with Crippen LogP contribution in [-0.2, 0) is 4.74 Å². The van der Waals surface area contributed by atoms with Gasteiger partial charge < -0.3 is 10.1 Å².